The van der Waals surface area contributed by atoms with Crippen molar-refractivity contribution in [1.82, 2.24) is 10.6 Å². The lowest BCUT2D eigenvalue weighted by molar-refractivity contribution is -0.323. The molecule has 0 saturated carbocycles. The smallest absolute Gasteiger partial charge is 0.217 e. The summed E-state index contributed by atoms with van der Waals surface area (Å²) < 4.78 is 16.2. The monoisotopic (exact) mass is 424 g/mol. The van der Waals surface area contributed by atoms with E-state index in [1.54, 1.807) is 0 Å². The zero-order chi connectivity index (χ0) is 21.9. The number of carbonyl (C=O) groups excluding carboxylic acids is 2. The van der Waals surface area contributed by atoms with Gasteiger partial charge in [0.2, 0.25) is 11.8 Å². The predicted molar refractivity (Wildman–Crippen MR) is 91.8 cm³/mol. The average molecular weight is 424 g/mol. The van der Waals surface area contributed by atoms with Crippen molar-refractivity contribution in [3.63, 3.8) is 0 Å². The van der Waals surface area contributed by atoms with Gasteiger partial charge in [-0.3, -0.25) is 9.59 Å². The number of hydrogen-bond acceptors (Lipinski definition) is 11. The molecule has 0 radical (unpaired) electrons. The standard InChI is InChI=1S/C16H28N2O11/c1-5(21)17-9-13(25)11(23)7(3-19)28-16(9)29-14-10(18-6(2)22)15(26)27-8(4-20)12(14)24/h7-16,19-20,23-26H,3-4H2,1-2H3,(H,17,21)(H,18,22)/t7?,8?,9-,10-,11+,12-,13?,14?,15-,16-/m0/s1. The van der Waals surface area contributed by atoms with Gasteiger partial charge in [0.15, 0.2) is 12.6 Å². The average Bonchev–Trinajstić information content (AvgIpc) is 2.65. The Morgan fingerprint density at radius 2 is 1.34 bits per heavy atom. The molecule has 2 aliphatic rings. The van der Waals surface area contributed by atoms with E-state index in [-0.39, 0.29) is 0 Å². The summed E-state index contributed by atoms with van der Waals surface area (Å²) in [7, 11) is 0. The van der Waals surface area contributed by atoms with Crippen molar-refractivity contribution in [2.45, 2.75) is 75.1 Å². The van der Waals surface area contributed by atoms with Crippen LogP contribution in [0.3, 0.4) is 0 Å². The van der Waals surface area contributed by atoms with Crippen LogP contribution in [0.2, 0.25) is 0 Å². The summed E-state index contributed by atoms with van der Waals surface area (Å²) in [4.78, 5) is 23.0. The van der Waals surface area contributed by atoms with E-state index >= 15 is 0 Å². The van der Waals surface area contributed by atoms with Gasteiger partial charge in [0.25, 0.3) is 0 Å². The minimum atomic E-state index is -1.66. The van der Waals surface area contributed by atoms with Gasteiger partial charge >= 0.3 is 0 Å². The maximum atomic E-state index is 11.5. The first-order valence-electron chi connectivity index (χ1n) is 9.05. The Balaban J connectivity index is 2.31. The zero-order valence-corrected chi connectivity index (χ0v) is 15.9. The molecule has 168 valence electrons. The highest BCUT2D eigenvalue weighted by Crippen LogP contribution is 2.28. The molecule has 0 aliphatic carbocycles. The maximum absolute atomic E-state index is 11.5. The van der Waals surface area contributed by atoms with Gasteiger partial charge in [-0.05, 0) is 0 Å². The van der Waals surface area contributed by atoms with Crippen molar-refractivity contribution < 1.29 is 54.4 Å². The Morgan fingerprint density at radius 3 is 1.86 bits per heavy atom. The van der Waals surface area contributed by atoms with Crippen LogP contribution >= 0.6 is 0 Å². The molecule has 13 heteroatoms. The van der Waals surface area contributed by atoms with Gasteiger partial charge in [0.05, 0.1) is 13.2 Å². The fourth-order valence-corrected chi connectivity index (χ4v) is 3.38. The Bertz CT molecular complexity index is 579. The second-order valence-electron chi connectivity index (χ2n) is 7.00. The first-order valence-corrected chi connectivity index (χ1v) is 9.05. The first kappa shape index (κ1) is 23.9. The van der Waals surface area contributed by atoms with Crippen molar-refractivity contribution in [3.05, 3.63) is 0 Å². The molecule has 8 N–H and O–H groups in total. The fraction of sp³-hybridized carbons (Fsp3) is 0.875. The summed E-state index contributed by atoms with van der Waals surface area (Å²) in [6.45, 7) is 0.959. The SMILES string of the molecule is CC(=O)N[C@H]1C(O)[C@H](O)C(CO)O[C@H]1OC1[C@@H](O)C(CO)O[C@H](O)[C@H]1NC(C)=O. The van der Waals surface area contributed by atoms with E-state index in [4.69, 9.17) is 14.2 Å². The quantitative estimate of drug-likeness (QED) is 0.202. The molecule has 0 aromatic carbocycles. The lowest BCUT2D eigenvalue weighted by atomic mass is 9.94. The summed E-state index contributed by atoms with van der Waals surface area (Å²) in [6.07, 6.45) is -11.8. The first-order chi connectivity index (χ1) is 13.6. The van der Waals surface area contributed by atoms with Crippen LogP contribution in [0.15, 0.2) is 0 Å². The van der Waals surface area contributed by atoms with Crippen molar-refractivity contribution in [3.8, 4) is 0 Å². The molecule has 13 nitrogen and oxygen atoms in total. The van der Waals surface area contributed by atoms with Gasteiger partial charge in [-0.2, -0.15) is 0 Å². The third-order valence-corrected chi connectivity index (χ3v) is 4.78. The topological polar surface area (TPSA) is 207 Å². The third kappa shape index (κ3) is 5.39. The Morgan fingerprint density at radius 1 is 0.828 bits per heavy atom. The molecule has 29 heavy (non-hydrogen) atoms. The third-order valence-electron chi connectivity index (χ3n) is 4.78. The molecule has 2 heterocycles. The summed E-state index contributed by atoms with van der Waals surface area (Å²) in [6, 6.07) is -2.59. The van der Waals surface area contributed by atoms with Crippen molar-refractivity contribution in [2.75, 3.05) is 13.2 Å². The van der Waals surface area contributed by atoms with E-state index < -0.39 is 86.3 Å². The van der Waals surface area contributed by atoms with Gasteiger partial charge in [-0.15, -0.1) is 0 Å². The molecule has 2 saturated heterocycles. The number of nitrogens with one attached hydrogen (secondary N) is 2. The van der Waals surface area contributed by atoms with Gasteiger partial charge in [-0.1, -0.05) is 0 Å². The molecule has 0 aromatic heterocycles. The fourth-order valence-electron chi connectivity index (χ4n) is 3.38. The van der Waals surface area contributed by atoms with Crippen molar-refractivity contribution in [2.24, 2.45) is 0 Å². The van der Waals surface area contributed by atoms with Crippen LogP contribution in [0, 0.1) is 0 Å². The van der Waals surface area contributed by atoms with Crippen LogP contribution in [0.5, 0.6) is 0 Å². The number of aliphatic hydroxyl groups is 6. The van der Waals surface area contributed by atoms with Crippen LogP contribution < -0.4 is 10.6 Å². The molecular weight excluding hydrogens is 396 g/mol. The second-order valence-corrected chi connectivity index (χ2v) is 7.00. The lowest BCUT2D eigenvalue weighted by Gasteiger charge is -2.47. The van der Waals surface area contributed by atoms with E-state index in [1.807, 2.05) is 0 Å². The highest BCUT2D eigenvalue weighted by atomic mass is 16.7. The number of aliphatic hydroxyl groups excluding tert-OH is 6. The Kier molecular flexibility index (Phi) is 8.28. The molecule has 4 unspecified atom stereocenters. The van der Waals surface area contributed by atoms with E-state index in [9.17, 15) is 40.2 Å². The lowest BCUT2D eigenvalue weighted by Crippen LogP contribution is -2.69. The molecule has 0 bridgehead atoms. The maximum Gasteiger partial charge on any atom is 0.217 e. The van der Waals surface area contributed by atoms with Crippen molar-refractivity contribution >= 4 is 11.8 Å². The number of hydrogen-bond donors (Lipinski definition) is 8. The van der Waals surface area contributed by atoms with Crippen LogP contribution in [0.25, 0.3) is 0 Å². The summed E-state index contributed by atoms with van der Waals surface area (Å²) >= 11 is 0. The summed E-state index contributed by atoms with van der Waals surface area (Å²) in [5.74, 6) is -1.16. The summed E-state index contributed by atoms with van der Waals surface area (Å²) in [5.41, 5.74) is 0. The normalized spacial score (nSPS) is 42.9. The van der Waals surface area contributed by atoms with Crippen LogP contribution in [-0.4, -0.2) is 117 Å². The molecule has 0 aromatic rings. The van der Waals surface area contributed by atoms with Gasteiger partial charge in [0.1, 0.15) is 48.7 Å². The van der Waals surface area contributed by atoms with E-state index in [0.717, 1.165) is 13.8 Å². The molecule has 2 fully saturated rings. The largest absolute Gasteiger partial charge is 0.394 e. The summed E-state index contributed by atoms with van der Waals surface area (Å²) in [5, 5.41) is 64.5. The highest BCUT2D eigenvalue weighted by molar-refractivity contribution is 5.73. The Labute approximate surface area is 166 Å². The number of ether oxygens (including phenoxy) is 3. The zero-order valence-electron chi connectivity index (χ0n) is 15.9. The van der Waals surface area contributed by atoms with Crippen LogP contribution in [-0.2, 0) is 23.8 Å². The molecule has 0 spiro atoms. The van der Waals surface area contributed by atoms with Gasteiger partial charge in [-0.25, -0.2) is 0 Å². The molecule has 2 rings (SSSR count). The Hall–Kier alpha value is -1.42. The highest BCUT2D eigenvalue weighted by Gasteiger charge is 2.51. The van der Waals surface area contributed by atoms with Gasteiger partial charge in [0, 0.05) is 13.8 Å². The minimum absolute atomic E-state index is 0.576. The number of rotatable bonds is 6. The molecule has 2 aliphatic heterocycles. The second kappa shape index (κ2) is 10.1. The van der Waals surface area contributed by atoms with E-state index in [1.165, 1.54) is 0 Å². The van der Waals surface area contributed by atoms with E-state index in [2.05, 4.69) is 10.6 Å². The van der Waals surface area contributed by atoms with Crippen LogP contribution in [0.4, 0.5) is 0 Å². The van der Waals surface area contributed by atoms with Crippen molar-refractivity contribution in [1.29, 1.82) is 0 Å². The predicted octanol–water partition coefficient (Wildman–Crippen LogP) is -5.11. The number of carbonyl (C=O) groups is 2. The molecule has 10 atom stereocenters. The van der Waals surface area contributed by atoms with Crippen LogP contribution in [0.1, 0.15) is 13.8 Å². The molecular formula is C16H28N2O11. The number of amides is 2. The van der Waals surface area contributed by atoms with Gasteiger partial charge < -0.3 is 55.5 Å². The van der Waals surface area contributed by atoms with E-state index in [0.29, 0.717) is 0 Å². The minimum Gasteiger partial charge on any atom is -0.394 e. The molecule has 2 amide bonds.